The molecule has 21 heavy (non-hydrogen) atoms. The smallest absolute Gasteiger partial charge is 0.219 e. The van der Waals surface area contributed by atoms with E-state index < -0.39 is 0 Å². The third kappa shape index (κ3) is 2.72. The van der Waals surface area contributed by atoms with E-state index in [2.05, 4.69) is 15.1 Å². The molecule has 1 fully saturated rings. The first-order valence-electron chi connectivity index (χ1n) is 7.02. The molecule has 7 nitrogen and oxygen atoms in total. The second-order valence-electron chi connectivity index (χ2n) is 5.23. The van der Waals surface area contributed by atoms with Crippen LogP contribution in [0.15, 0.2) is 24.7 Å². The number of hydrogen-bond donors (Lipinski definition) is 1. The Morgan fingerprint density at radius 3 is 2.57 bits per heavy atom. The summed E-state index contributed by atoms with van der Waals surface area (Å²) in [4.78, 5) is 21.3. The zero-order chi connectivity index (χ0) is 14.8. The second-order valence-corrected chi connectivity index (χ2v) is 5.23. The van der Waals surface area contributed by atoms with Gasteiger partial charge in [-0.25, -0.2) is 9.97 Å². The van der Waals surface area contributed by atoms with Gasteiger partial charge in [-0.1, -0.05) is 0 Å². The molecule has 1 aliphatic heterocycles. The molecule has 2 aromatic rings. The molecular formula is C14H18N6O. The average molecular weight is 286 g/mol. The third-order valence-corrected chi connectivity index (χ3v) is 3.89. The number of hydrogen-bond acceptors (Lipinski definition) is 5. The Bertz CT molecular complexity index is 627. The molecule has 1 aliphatic rings. The number of rotatable bonds is 2. The van der Waals surface area contributed by atoms with Crippen LogP contribution in [0.2, 0.25) is 0 Å². The summed E-state index contributed by atoms with van der Waals surface area (Å²) in [5.41, 5.74) is 7.40. The highest BCUT2D eigenvalue weighted by molar-refractivity contribution is 5.73. The van der Waals surface area contributed by atoms with Gasteiger partial charge in [0.05, 0.1) is 11.7 Å². The van der Waals surface area contributed by atoms with Crippen molar-refractivity contribution in [2.24, 2.45) is 0 Å². The van der Waals surface area contributed by atoms with Crippen molar-refractivity contribution in [3.8, 4) is 11.3 Å². The number of anilines is 1. The molecule has 0 aliphatic carbocycles. The van der Waals surface area contributed by atoms with Crippen molar-refractivity contribution in [3.05, 3.63) is 24.7 Å². The lowest BCUT2D eigenvalue weighted by Gasteiger charge is -2.32. The van der Waals surface area contributed by atoms with Gasteiger partial charge in [0.25, 0.3) is 0 Å². The minimum atomic E-state index is 0.140. The van der Waals surface area contributed by atoms with Crippen LogP contribution in [0.25, 0.3) is 11.3 Å². The topological polar surface area (TPSA) is 89.9 Å². The normalized spacial score (nSPS) is 16.1. The van der Waals surface area contributed by atoms with Gasteiger partial charge < -0.3 is 10.6 Å². The number of piperidine rings is 1. The number of aromatic nitrogens is 4. The molecule has 0 atom stereocenters. The van der Waals surface area contributed by atoms with Gasteiger partial charge >= 0.3 is 0 Å². The molecule has 2 aromatic heterocycles. The maximum atomic E-state index is 11.4. The van der Waals surface area contributed by atoms with Gasteiger partial charge in [-0.3, -0.25) is 9.48 Å². The Balaban J connectivity index is 1.80. The number of amides is 1. The predicted octanol–water partition coefficient (Wildman–Crippen LogP) is 1.11. The van der Waals surface area contributed by atoms with Crippen LogP contribution in [-0.2, 0) is 4.79 Å². The Morgan fingerprint density at radius 2 is 1.95 bits per heavy atom. The number of carbonyl (C=O) groups is 1. The molecule has 2 N–H and O–H groups in total. The van der Waals surface area contributed by atoms with Crippen LogP contribution in [0.1, 0.15) is 25.8 Å². The second kappa shape index (κ2) is 5.51. The molecular weight excluding hydrogens is 268 g/mol. The van der Waals surface area contributed by atoms with Crippen LogP contribution in [-0.4, -0.2) is 43.6 Å². The van der Waals surface area contributed by atoms with E-state index >= 15 is 0 Å². The summed E-state index contributed by atoms with van der Waals surface area (Å²) in [6.07, 6.45) is 7.01. The van der Waals surface area contributed by atoms with Crippen LogP contribution < -0.4 is 5.73 Å². The number of nitrogens with two attached hydrogens (primary N) is 1. The quantitative estimate of drug-likeness (QED) is 0.893. The highest BCUT2D eigenvalue weighted by Gasteiger charge is 2.24. The summed E-state index contributed by atoms with van der Waals surface area (Å²) in [5.74, 6) is 0.403. The van der Waals surface area contributed by atoms with Gasteiger partial charge in [0.1, 0.15) is 0 Å². The van der Waals surface area contributed by atoms with Crippen molar-refractivity contribution >= 4 is 11.9 Å². The van der Waals surface area contributed by atoms with Crippen molar-refractivity contribution in [2.45, 2.75) is 25.8 Å². The maximum Gasteiger partial charge on any atom is 0.219 e. The van der Waals surface area contributed by atoms with E-state index in [-0.39, 0.29) is 11.9 Å². The third-order valence-electron chi connectivity index (χ3n) is 3.89. The van der Waals surface area contributed by atoms with E-state index in [0.29, 0.717) is 6.04 Å². The first kappa shape index (κ1) is 13.5. The lowest BCUT2D eigenvalue weighted by atomic mass is 10.0. The van der Waals surface area contributed by atoms with Crippen molar-refractivity contribution in [1.29, 1.82) is 0 Å². The largest absolute Gasteiger partial charge is 0.368 e. The lowest BCUT2D eigenvalue weighted by molar-refractivity contribution is -0.130. The monoisotopic (exact) mass is 286 g/mol. The maximum absolute atomic E-state index is 11.4. The first-order chi connectivity index (χ1) is 10.1. The minimum Gasteiger partial charge on any atom is -0.368 e. The lowest BCUT2D eigenvalue weighted by Crippen LogP contribution is -2.38. The molecule has 1 amide bonds. The fourth-order valence-corrected chi connectivity index (χ4v) is 2.73. The zero-order valence-electron chi connectivity index (χ0n) is 11.9. The number of carbonyl (C=O) groups excluding carboxylic acids is 1. The van der Waals surface area contributed by atoms with E-state index in [9.17, 15) is 4.79 Å². The molecule has 1 saturated heterocycles. The minimum absolute atomic E-state index is 0.140. The Labute approximate surface area is 122 Å². The van der Waals surface area contributed by atoms with E-state index in [1.54, 1.807) is 25.5 Å². The SMILES string of the molecule is CC(=O)N1CCC(n2nccc2-c2cnc(N)nc2)CC1. The van der Waals surface area contributed by atoms with Crippen LogP contribution in [0.3, 0.4) is 0 Å². The van der Waals surface area contributed by atoms with E-state index in [1.807, 2.05) is 15.6 Å². The highest BCUT2D eigenvalue weighted by Crippen LogP contribution is 2.27. The highest BCUT2D eigenvalue weighted by atomic mass is 16.2. The van der Waals surface area contributed by atoms with Gasteiger partial charge in [0.15, 0.2) is 0 Å². The summed E-state index contributed by atoms with van der Waals surface area (Å²) >= 11 is 0. The van der Waals surface area contributed by atoms with Crippen LogP contribution in [0.4, 0.5) is 5.95 Å². The molecule has 3 rings (SSSR count). The van der Waals surface area contributed by atoms with Gasteiger partial charge in [0.2, 0.25) is 11.9 Å². The molecule has 0 saturated carbocycles. The van der Waals surface area contributed by atoms with Gasteiger partial charge in [-0.2, -0.15) is 5.10 Å². The molecule has 0 aromatic carbocycles. The van der Waals surface area contributed by atoms with Crippen molar-refractivity contribution < 1.29 is 4.79 Å². The van der Waals surface area contributed by atoms with E-state index in [1.165, 1.54) is 0 Å². The molecule has 0 unspecified atom stereocenters. The fraction of sp³-hybridized carbons (Fsp3) is 0.429. The summed E-state index contributed by atoms with van der Waals surface area (Å²) in [5, 5.41) is 4.43. The summed E-state index contributed by atoms with van der Waals surface area (Å²) in [6.45, 7) is 3.17. The Kier molecular flexibility index (Phi) is 3.55. The molecule has 0 radical (unpaired) electrons. The van der Waals surface area contributed by atoms with Crippen LogP contribution in [0.5, 0.6) is 0 Å². The molecule has 7 heteroatoms. The van der Waals surface area contributed by atoms with E-state index in [4.69, 9.17) is 5.73 Å². The van der Waals surface area contributed by atoms with Crippen LogP contribution >= 0.6 is 0 Å². The number of nitrogens with zero attached hydrogens (tertiary/aromatic N) is 5. The van der Waals surface area contributed by atoms with Crippen molar-refractivity contribution in [1.82, 2.24) is 24.6 Å². The zero-order valence-corrected chi connectivity index (χ0v) is 11.9. The predicted molar refractivity (Wildman–Crippen MR) is 78.2 cm³/mol. The molecule has 3 heterocycles. The molecule has 0 bridgehead atoms. The van der Waals surface area contributed by atoms with Crippen LogP contribution in [0, 0.1) is 0 Å². The number of nitrogen functional groups attached to an aromatic ring is 1. The van der Waals surface area contributed by atoms with Gasteiger partial charge in [-0.05, 0) is 18.9 Å². The number of likely N-dealkylation sites (tertiary alicyclic amines) is 1. The average Bonchev–Trinajstić information content (AvgIpc) is 2.97. The summed E-state index contributed by atoms with van der Waals surface area (Å²) in [7, 11) is 0. The standard InChI is InChI=1S/C14H18N6O/c1-10(21)19-6-3-12(4-7-19)20-13(2-5-18-20)11-8-16-14(15)17-9-11/h2,5,8-9,12H,3-4,6-7H2,1H3,(H2,15,16,17). The van der Waals surface area contributed by atoms with Gasteiger partial charge in [-0.15, -0.1) is 0 Å². The molecule has 110 valence electrons. The fourth-order valence-electron chi connectivity index (χ4n) is 2.73. The van der Waals surface area contributed by atoms with Crippen molar-refractivity contribution in [2.75, 3.05) is 18.8 Å². The van der Waals surface area contributed by atoms with Gasteiger partial charge in [0, 0.05) is 44.2 Å². The van der Waals surface area contributed by atoms with Crippen molar-refractivity contribution in [3.63, 3.8) is 0 Å². The first-order valence-corrected chi connectivity index (χ1v) is 7.02. The molecule has 0 spiro atoms. The Hall–Kier alpha value is -2.44. The Morgan fingerprint density at radius 1 is 1.29 bits per heavy atom. The summed E-state index contributed by atoms with van der Waals surface area (Å²) in [6, 6.07) is 2.25. The summed E-state index contributed by atoms with van der Waals surface area (Å²) < 4.78 is 2.01. The van der Waals surface area contributed by atoms with E-state index in [0.717, 1.165) is 37.2 Å².